The molecule has 3 atom stereocenters. The number of methoxy groups -OCH3 is 1. The average molecular weight is 187 g/mol. The van der Waals surface area contributed by atoms with E-state index in [0.29, 0.717) is 23.8 Å². The smallest absolute Gasteiger partial charge is 0.0465 e. The molecule has 0 aliphatic heterocycles. The van der Waals surface area contributed by atoms with Crippen LogP contribution in [0.4, 0.5) is 0 Å². The Kier molecular flexibility index (Phi) is 6.35. The Balaban J connectivity index is 3.86. The fraction of sp³-hybridized carbons (Fsp3) is 1.00. The lowest BCUT2D eigenvalue weighted by Gasteiger charge is -2.28. The van der Waals surface area contributed by atoms with Crippen LogP contribution in [-0.2, 0) is 4.74 Å². The zero-order chi connectivity index (χ0) is 10.4. The average Bonchev–Trinajstić information content (AvgIpc) is 2.11. The van der Waals surface area contributed by atoms with Crippen LogP contribution in [0.5, 0.6) is 0 Å². The Bertz CT molecular complexity index is 125. The van der Waals surface area contributed by atoms with Crippen LogP contribution in [0.2, 0.25) is 0 Å². The summed E-state index contributed by atoms with van der Waals surface area (Å²) in [6, 6.07) is 0.301. The van der Waals surface area contributed by atoms with Gasteiger partial charge in [0.2, 0.25) is 0 Å². The van der Waals surface area contributed by atoms with Gasteiger partial charge in [0.1, 0.15) is 0 Å². The summed E-state index contributed by atoms with van der Waals surface area (Å²) in [5.41, 5.74) is 6.15. The fourth-order valence-electron chi connectivity index (χ4n) is 1.46. The molecule has 0 fully saturated rings. The minimum absolute atomic E-state index is 0.301. The van der Waals surface area contributed by atoms with E-state index in [2.05, 4.69) is 27.7 Å². The highest BCUT2D eigenvalue weighted by Crippen LogP contribution is 2.20. The molecule has 0 amide bonds. The zero-order valence-electron chi connectivity index (χ0n) is 9.71. The van der Waals surface area contributed by atoms with Crippen LogP contribution in [0.3, 0.4) is 0 Å². The van der Waals surface area contributed by atoms with E-state index in [-0.39, 0.29) is 0 Å². The summed E-state index contributed by atoms with van der Waals surface area (Å²) in [5.74, 6) is 1.81. The maximum absolute atomic E-state index is 6.15. The van der Waals surface area contributed by atoms with Crippen LogP contribution in [0.1, 0.15) is 34.1 Å². The van der Waals surface area contributed by atoms with E-state index in [1.165, 1.54) is 0 Å². The molecule has 0 spiro atoms. The molecular formula is C11H25NO. The summed E-state index contributed by atoms with van der Waals surface area (Å²) in [7, 11) is 1.74. The van der Waals surface area contributed by atoms with E-state index < -0.39 is 0 Å². The summed E-state index contributed by atoms with van der Waals surface area (Å²) in [4.78, 5) is 0. The maximum atomic E-state index is 6.15. The fourth-order valence-corrected chi connectivity index (χ4v) is 1.46. The van der Waals surface area contributed by atoms with Crippen molar-refractivity contribution in [2.75, 3.05) is 13.7 Å². The summed E-state index contributed by atoms with van der Waals surface area (Å²) in [6.45, 7) is 9.72. The number of ether oxygens (including phenoxy) is 1. The van der Waals surface area contributed by atoms with Crippen molar-refractivity contribution in [1.29, 1.82) is 0 Å². The van der Waals surface area contributed by atoms with Crippen molar-refractivity contribution < 1.29 is 4.74 Å². The summed E-state index contributed by atoms with van der Waals surface area (Å²) >= 11 is 0. The molecule has 13 heavy (non-hydrogen) atoms. The van der Waals surface area contributed by atoms with Gasteiger partial charge in [-0.05, 0) is 24.2 Å². The lowest BCUT2D eigenvalue weighted by Crippen LogP contribution is -2.37. The highest BCUT2D eigenvalue weighted by molar-refractivity contribution is 4.76. The second kappa shape index (κ2) is 6.39. The van der Waals surface area contributed by atoms with Gasteiger partial charge in [-0.3, -0.25) is 0 Å². The SMILES string of the molecule is COCCC(C)C(N)C(C)C(C)C. The Morgan fingerprint density at radius 2 is 1.69 bits per heavy atom. The molecule has 3 unspecified atom stereocenters. The van der Waals surface area contributed by atoms with Crippen LogP contribution in [0.15, 0.2) is 0 Å². The Morgan fingerprint density at radius 3 is 2.08 bits per heavy atom. The quantitative estimate of drug-likeness (QED) is 0.692. The van der Waals surface area contributed by atoms with Gasteiger partial charge < -0.3 is 10.5 Å². The lowest BCUT2D eigenvalue weighted by atomic mass is 9.83. The molecule has 2 N–H and O–H groups in total. The highest BCUT2D eigenvalue weighted by atomic mass is 16.5. The Morgan fingerprint density at radius 1 is 1.15 bits per heavy atom. The minimum atomic E-state index is 0.301. The van der Waals surface area contributed by atoms with Gasteiger partial charge in [-0.15, -0.1) is 0 Å². The molecule has 80 valence electrons. The molecule has 2 heteroatoms. The van der Waals surface area contributed by atoms with E-state index in [1.807, 2.05) is 0 Å². The number of nitrogens with two attached hydrogens (primary N) is 1. The summed E-state index contributed by atoms with van der Waals surface area (Å²) in [5, 5.41) is 0. The molecule has 0 saturated heterocycles. The molecule has 0 saturated carbocycles. The van der Waals surface area contributed by atoms with Crippen molar-refractivity contribution in [2.45, 2.75) is 40.2 Å². The highest BCUT2D eigenvalue weighted by Gasteiger charge is 2.21. The molecule has 0 radical (unpaired) electrons. The molecule has 0 aromatic rings. The van der Waals surface area contributed by atoms with Crippen LogP contribution in [0.25, 0.3) is 0 Å². The summed E-state index contributed by atoms with van der Waals surface area (Å²) < 4.78 is 5.05. The van der Waals surface area contributed by atoms with Gasteiger partial charge in [0.25, 0.3) is 0 Å². The van der Waals surface area contributed by atoms with E-state index >= 15 is 0 Å². The molecule has 0 aliphatic rings. The summed E-state index contributed by atoms with van der Waals surface area (Å²) in [6.07, 6.45) is 1.06. The predicted octanol–water partition coefficient (Wildman–Crippen LogP) is 2.28. The first kappa shape index (κ1) is 12.9. The van der Waals surface area contributed by atoms with Crippen molar-refractivity contribution in [3.05, 3.63) is 0 Å². The van der Waals surface area contributed by atoms with Gasteiger partial charge in [0.05, 0.1) is 0 Å². The minimum Gasteiger partial charge on any atom is -0.385 e. The molecule has 0 aromatic carbocycles. The van der Waals surface area contributed by atoms with Crippen LogP contribution in [-0.4, -0.2) is 19.8 Å². The van der Waals surface area contributed by atoms with Crippen molar-refractivity contribution >= 4 is 0 Å². The van der Waals surface area contributed by atoms with Crippen LogP contribution < -0.4 is 5.73 Å². The monoisotopic (exact) mass is 187 g/mol. The van der Waals surface area contributed by atoms with Gasteiger partial charge >= 0.3 is 0 Å². The van der Waals surface area contributed by atoms with Crippen molar-refractivity contribution in [1.82, 2.24) is 0 Å². The number of hydrogen-bond donors (Lipinski definition) is 1. The molecule has 2 nitrogen and oxygen atoms in total. The zero-order valence-corrected chi connectivity index (χ0v) is 9.71. The molecule has 0 rings (SSSR count). The molecule has 0 aromatic heterocycles. The molecule has 0 aliphatic carbocycles. The Labute approximate surface area is 82.8 Å². The number of rotatable bonds is 6. The van der Waals surface area contributed by atoms with E-state index in [4.69, 9.17) is 10.5 Å². The van der Waals surface area contributed by atoms with Gasteiger partial charge in [-0.2, -0.15) is 0 Å². The first-order valence-electron chi connectivity index (χ1n) is 5.25. The number of hydrogen-bond acceptors (Lipinski definition) is 2. The third-order valence-corrected chi connectivity index (χ3v) is 3.09. The largest absolute Gasteiger partial charge is 0.385 e. The topological polar surface area (TPSA) is 35.2 Å². The van der Waals surface area contributed by atoms with Gasteiger partial charge in [0.15, 0.2) is 0 Å². The standard InChI is InChI=1S/C11H25NO/c1-8(2)10(4)11(12)9(3)6-7-13-5/h8-11H,6-7,12H2,1-5H3. The third kappa shape index (κ3) is 4.63. The van der Waals surface area contributed by atoms with Crippen molar-refractivity contribution in [3.63, 3.8) is 0 Å². The van der Waals surface area contributed by atoms with E-state index in [1.54, 1.807) is 7.11 Å². The first-order valence-corrected chi connectivity index (χ1v) is 5.25. The predicted molar refractivity (Wildman–Crippen MR) is 57.6 cm³/mol. The van der Waals surface area contributed by atoms with Gasteiger partial charge in [0, 0.05) is 19.8 Å². The second-order valence-electron chi connectivity index (χ2n) is 4.44. The molecule has 0 bridgehead atoms. The Hall–Kier alpha value is -0.0800. The van der Waals surface area contributed by atoms with E-state index in [0.717, 1.165) is 13.0 Å². The van der Waals surface area contributed by atoms with Crippen LogP contribution in [0, 0.1) is 17.8 Å². The van der Waals surface area contributed by atoms with Crippen molar-refractivity contribution in [2.24, 2.45) is 23.5 Å². The third-order valence-electron chi connectivity index (χ3n) is 3.09. The molecular weight excluding hydrogens is 162 g/mol. The normalized spacial score (nSPS) is 18.7. The van der Waals surface area contributed by atoms with Gasteiger partial charge in [-0.25, -0.2) is 0 Å². The first-order chi connectivity index (χ1) is 6.00. The second-order valence-corrected chi connectivity index (χ2v) is 4.44. The maximum Gasteiger partial charge on any atom is 0.0465 e. The van der Waals surface area contributed by atoms with Crippen molar-refractivity contribution in [3.8, 4) is 0 Å². The van der Waals surface area contributed by atoms with Gasteiger partial charge in [-0.1, -0.05) is 27.7 Å². The van der Waals surface area contributed by atoms with Crippen LogP contribution >= 0.6 is 0 Å². The lowest BCUT2D eigenvalue weighted by molar-refractivity contribution is 0.162. The van der Waals surface area contributed by atoms with E-state index in [9.17, 15) is 0 Å². The molecule has 0 heterocycles.